The van der Waals surface area contributed by atoms with Gasteiger partial charge in [0.1, 0.15) is 12.1 Å². The van der Waals surface area contributed by atoms with Crippen LogP contribution in [0.3, 0.4) is 0 Å². The van der Waals surface area contributed by atoms with Gasteiger partial charge in [0.25, 0.3) is 0 Å². The summed E-state index contributed by atoms with van der Waals surface area (Å²) in [6.07, 6.45) is 16.3. The largest absolute Gasteiger partial charge is 0.390 e. The molecule has 1 aliphatic rings. The molecule has 1 saturated carbocycles. The van der Waals surface area contributed by atoms with Gasteiger partial charge in [-0.05, 0) is 50.6 Å². The summed E-state index contributed by atoms with van der Waals surface area (Å²) in [5.74, 6) is 2.78. The summed E-state index contributed by atoms with van der Waals surface area (Å²) in [7, 11) is 1.72. The lowest BCUT2D eigenvalue weighted by atomic mass is 9.82. The molecule has 1 aromatic rings. The van der Waals surface area contributed by atoms with Crippen molar-refractivity contribution in [2.45, 2.75) is 109 Å². The SMILES string of the molecule is C#CCCC(O)[C@H](O)C(CC1CCCCC1)NC(=O)[C@@H](NC(=O)C(CC(=O)N(C)CCNCCC)Cc1ccccc1)C(C)C#C. The molecule has 1 aliphatic carbocycles. The maximum atomic E-state index is 13.9. The molecule has 0 radical (unpaired) electrons. The number of amides is 3. The number of benzene rings is 1. The summed E-state index contributed by atoms with van der Waals surface area (Å²) in [6.45, 7) is 5.77. The molecule has 1 aromatic carbocycles. The van der Waals surface area contributed by atoms with Gasteiger partial charge in [-0.2, -0.15) is 0 Å². The van der Waals surface area contributed by atoms with Crippen molar-refractivity contribution in [3.8, 4) is 24.7 Å². The number of nitrogens with one attached hydrogen (secondary N) is 3. The lowest BCUT2D eigenvalue weighted by Crippen LogP contribution is -2.57. The molecule has 5 N–H and O–H groups in total. The van der Waals surface area contributed by atoms with Gasteiger partial charge < -0.3 is 31.1 Å². The first-order valence-electron chi connectivity index (χ1n) is 17.0. The molecule has 0 spiro atoms. The average molecular weight is 637 g/mol. The monoisotopic (exact) mass is 636 g/mol. The third-order valence-electron chi connectivity index (χ3n) is 8.97. The van der Waals surface area contributed by atoms with Gasteiger partial charge in [-0.1, -0.05) is 69.4 Å². The highest BCUT2D eigenvalue weighted by Crippen LogP contribution is 2.29. The third kappa shape index (κ3) is 13.5. The first-order valence-corrected chi connectivity index (χ1v) is 17.0. The molecule has 0 saturated heterocycles. The molecule has 46 heavy (non-hydrogen) atoms. The second-order valence-corrected chi connectivity index (χ2v) is 12.8. The van der Waals surface area contributed by atoms with Gasteiger partial charge in [0.2, 0.25) is 17.7 Å². The predicted octanol–water partition coefficient (Wildman–Crippen LogP) is 3.04. The summed E-state index contributed by atoms with van der Waals surface area (Å²) in [4.78, 5) is 42.5. The van der Waals surface area contributed by atoms with Crippen molar-refractivity contribution in [1.29, 1.82) is 0 Å². The van der Waals surface area contributed by atoms with E-state index < -0.39 is 47.9 Å². The minimum atomic E-state index is -1.23. The number of carbonyl (C=O) groups is 3. The molecule has 2 rings (SSSR count). The second kappa shape index (κ2) is 21.4. The number of hydrogen-bond donors (Lipinski definition) is 5. The van der Waals surface area contributed by atoms with Gasteiger partial charge in [0.15, 0.2) is 0 Å². The van der Waals surface area contributed by atoms with Crippen LogP contribution in [0.15, 0.2) is 30.3 Å². The van der Waals surface area contributed by atoms with Crippen molar-refractivity contribution in [2.75, 3.05) is 26.7 Å². The summed E-state index contributed by atoms with van der Waals surface area (Å²) in [5.41, 5.74) is 0.894. The topological polar surface area (TPSA) is 131 Å². The molecular weight excluding hydrogens is 580 g/mol. The fraction of sp³-hybridized carbons (Fsp3) is 0.649. The van der Waals surface area contributed by atoms with E-state index in [1.807, 2.05) is 30.3 Å². The van der Waals surface area contributed by atoms with Gasteiger partial charge in [0.05, 0.1) is 18.1 Å². The van der Waals surface area contributed by atoms with E-state index in [2.05, 4.69) is 34.7 Å². The van der Waals surface area contributed by atoms with E-state index >= 15 is 0 Å². The Labute approximate surface area is 276 Å². The van der Waals surface area contributed by atoms with Gasteiger partial charge >= 0.3 is 0 Å². The highest BCUT2D eigenvalue weighted by atomic mass is 16.3. The maximum Gasteiger partial charge on any atom is 0.244 e. The summed E-state index contributed by atoms with van der Waals surface area (Å²) in [6, 6.07) is 7.60. The minimum Gasteiger partial charge on any atom is -0.390 e. The quantitative estimate of drug-likeness (QED) is 0.111. The second-order valence-electron chi connectivity index (χ2n) is 12.8. The number of terminal acetylenes is 2. The number of aliphatic hydroxyl groups is 2. The Morgan fingerprint density at radius 3 is 2.35 bits per heavy atom. The van der Waals surface area contributed by atoms with Crippen molar-refractivity contribution in [3.05, 3.63) is 35.9 Å². The molecule has 1 fully saturated rings. The van der Waals surface area contributed by atoms with Crippen LogP contribution in [0.2, 0.25) is 0 Å². The molecule has 0 heterocycles. The first kappa shape index (κ1) is 38.8. The molecule has 3 amide bonds. The van der Waals surface area contributed by atoms with Gasteiger partial charge in [-0.3, -0.25) is 14.4 Å². The zero-order chi connectivity index (χ0) is 33.9. The fourth-order valence-corrected chi connectivity index (χ4v) is 5.99. The summed E-state index contributed by atoms with van der Waals surface area (Å²) >= 11 is 0. The van der Waals surface area contributed by atoms with Gasteiger partial charge in [-0.15, -0.1) is 24.7 Å². The Kier molecular flexibility index (Phi) is 18.1. The Morgan fingerprint density at radius 1 is 1.02 bits per heavy atom. The molecular formula is C37H56N4O5. The summed E-state index contributed by atoms with van der Waals surface area (Å²) in [5, 5.41) is 30.9. The predicted molar refractivity (Wildman–Crippen MR) is 182 cm³/mol. The standard InChI is InChI=1S/C37H56N4O5/c1-6-9-20-32(42)35(44)31(25-29-18-14-11-15-19-29)39-37(46)34(27(4)8-3)40-36(45)30(24-28-16-12-10-13-17-28)26-33(43)41(5)23-22-38-21-7-2/h1,3,10,12-13,16-17,27,29-32,34-35,38,42,44H,7,9,11,14-15,18-26H2,2,4-5H3,(H,39,46)(H,40,45)/t27?,30?,31?,32?,34-,35+/m0/s1. The smallest absolute Gasteiger partial charge is 0.244 e. The van der Waals surface area contributed by atoms with E-state index in [1.54, 1.807) is 18.9 Å². The third-order valence-corrected chi connectivity index (χ3v) is 8.97. The number of likely N-dealkylation sites (N-methyl/N-ethyl adjacent to an activating group) is 1. The van der Waals surface area contributed by atoms with Crippen molar-refractivity contribution < 1.29 is 24.6 Å². The molecule has 9 nitrogen and oxygen atoms in total. The zero-order valence-electron chi connectivity index (χ0n) is 28.0. The molecule has 4 unspecified atom stereocenters. The van der Waals surface area contributed by atoms with Crippen LogP contribution >= 0.6 is 0 Å². The van der Waals surface area contributed by atoms with Crippen LogP contribution in [-0.4, -0.2) is 83.8 Å². The van der Waals surface area contributed by atoms with Crippen LogP contribution < -0.4 is 16.0 Å². The normalized spacial score (nSPS) is 17.3. The molecule has 0 bridgehead atoms. The maximum absolute atomic E-state index is 13.9. The first-order chi connectivity index (χ1) is 22.1. The van der Waals surface area contributed by atoms with Crippen LogP contribution in [0.5, 0.6) is 0 Å². The van der Waals surface area contributed by atoms with Crippen molar-refractivity contribution in [3.63, 3.8) is 0 Å². The van der Waals surface area contributed by atoms with E-state index in [4.69, 9.17) is 12.8 Å². The molecule has 0 aromatic heterocycles. The molecule has 254 valence electrons. The molecule has 9 heteroatoms. The van der Waals surface area contributed by atoms with Crippen molar-refractivity contribution in [1.82, 2.24) is 20.9 Å². The Morgan fingerprint density at radius 2 is 1.72 bits per heavy atom. The Balaban J connectivity index is 2.24. The average Bonchev–Trinajstić information content (AvgIpc) is 3.07. The highest BCUT2D eigenvalue weighted by molar-refractivity contribution is 5.91. The Bertz CT molecular complexity index is 1140. The van der Waals surface area contributed by atoms with E-state index in [0.29, 0.717) is 38.3 Å². The fourth-order valence-electron chi connectivity index (χ4n) is 5.99. The van der Waals surface area contributed by atoms with E-state index in [9.17, 15) is 24.6 Å². The number of nitrogens with zero attached hydrogens (tertiary/aromatic N) is 1. The van der Waals surface area contributed by atoms with E-state index in [-0.39, 0.29) is 18.7 Å². The number of carbonyl (C=O) groups excluding carboxylic acids is 3. The number of aliphatic hydroxyl groups excluding tert-OH is 2. The van der Waals surface area contributed by atoms with Gasteiger partial charge in [0, 0.05) is 38.9 Å². The highest BCUT2D eigenvalue weighted by Gasteiger charge is 2.35. The van der Waals surface area contributed by atoms with Crippen LogP contribution in [0.4, 0.5) is 0 Å². The molecule has 0 aliphatic heterocycles. The van der Waals surface area contributed by atoms with Gasteiger partial charge in [-0.25, -0.2) is 0 Å². The van der Waals surface area contributed by atoms with Crippen molar-refractivity contribution in [2.24, 2.45) is 17.8 Å². The van der Waals surface area contributed by atoms with Crippen LogP contribution in [0.25, 0.3) is 0 Å². The van der Waals surface area contributed by atoms with Crippen molar-refractivity contribution >= 4 is 17.7 Å². The van der Waals surface area contributed by atoms with Crippen LogP contribution in [0.1, 0.15) is 83.6 Å². The minimum absolute atomic E-state index is 0.0336. The van der Waals surface area contributed by atoms with E-state index in [1.165, 1.54) is 0 Å². The lowest BCUT2D eigenvalue weighted by Gasteiger charge is -2.34. The molecule has 6 atom stereocenters. The van der Waals surface area contributed by atoms with Crippen LogP contribution in [0, 0.1) is 42.4 Å². The summed E-state index contributed by atoms with van der Waals surface area (Å²) < 4.78 is 0. The lowest BCUT2D eigenvalue weighted by molar-refractivity contribution is -0.137. The van der Waals surface area contributed by atoms with Crippen LogP contribution in [-0.2, 0) is 20.8 Å². The number of rotatable bonds is 20. The van der Waals surface area contributed by atoms with E-state index in [0.717, 1.165) is 50.6 Å². The zero-order valence-corrected chi connectivity index (χ0v) is 28.0. The Hall–Kier alpha value is -3.37. The number of hydrogen-bond acceptors (Lipinski definition) is 6.